The standard InChI is InChI=1S/C10H8O3/c1-6-4-10(12)13-9-5-7(11)2-3-8(6)9/h2-5,11H,1H3/i4+1,6+1,8+1,10+1. The molecule has 66 valence electrons. The van der Waals surface area contributed by atoms with E-state index in [1.54, 1.807) is 12.1 Å². The lowest BCUT2D eigenvalue weighted by Gasteiger charge is -1.99. The molecule has 0 saturated carbocycles. The Morgan fingerprint density at radius 1 is 1.31 bits per heavy atom. The van der Waals surface area contributed by atoms with Gasteiger partial charge in [0.25, 0.3) is 0 Å². The third kappa shape index (κ3) is 1.28. The highest BCUT2D eigenvalue weighted by atomic mass is 16.5. The molecular formula is C10H8O3. The molecule has 13 heavy (non-hydrogen) atoms. The number of aromatic hydroxyl groups is 1. The maximum atomic E-state index is 11.0. The summed E-state index contributed by atoms with van der Waals surface area (Å²) in [6, 6.07) is 6.15. The molecule has 0 amide bonds. The molecule has 1 aromatic heterocycles. The van der Waals surface area contributed by atoms with Crippen molar-refractivity contribution in [3.05, 3.63) is 40.2 Å². The molecule has 0 aliphatic heterocycles. The summed E-state index contributed by atoms with van der Waals surface area (Å²) in [5.41, 5.74) is 0.881. The topological polar surface area (TPSA) is 50.4 Å². The van der Waals surface area contributed by atoms with Crippen LogP contribution < -0.4 is 5.63 Å². The van der Waals surface area contributed by atoms with Crippen LogP contribution in [0.1, 0.15) is 5.56 Å². The van der Waals surface area contributed by atoms with E-state index in [1.165, 1.54) is 12.1 Å². The van der Waals surface area contributed by atoms with Gasteiger partial charge < -0.3 is 9.52 Å². The van der Waals surface area contributed by atoms with Crippen LogP contribution in [0.5, 0.6) is 5.75 Å². The van der Waals surface area contributed by atoms with Gasteiger partial charge in [0.15, 0.2) is 0 Å². The van der Waals surface area contributed by atoms with Crippen LogP contribution in [0.15, 0.2) is 33.5 Å². The van der Waals surface area contributed by atoms with Crippen LogP contribution in [0.2, 0.25) is 0 Å². The molecular weight excluding hydrogens is 172 g/mol. The first-order chi connectivity index (χ1) is 6.16. The number of aryl methyl sites for hydroxylation is 1. The zero-order valence-electron chi connectivity index (χ0n) is 7.07. The average Bonchev–Trinajstić information content (AvgIpc) is 2.02. The van der Waals surface area contributed by atoms with Crippen molar-refractivity contribution in [2.45, 2.75) is 6.92 Å². The highest BCUT2D eigenvalue weighted by molar-refractivity contribution is 5.81. The molecule has 0 bridgehead atoms. The van der Waals surface area contributed by atoms with Crippen LogP contribution in [0.4, 0.5) is 0 Å². The highest BCUT2D eigenvalue weighted by Gasteiger charge is 2.01. The normalized spacial score (nSPS) is 10.5. The van der Waals surface area contributed by atoms with Gasteiger partial charge >= 0.3 is 5.63 Å². The summed E-state index contributed by atoms with van der Waals surface area (Å²) in [4.78, 5) is 11.0. The Bertz CT molecular complexity index is 511. The second-order valence-corrected chi connectivity index (χ2v) is 2.93. The quantitative estimate of drug-likeness (QED) is 0.629. The molecule has 3 nitrogen and oxygen atoms in total. The van der Waals surface area contributed by atoms with Gasteiger partial charge in [-0.2, -0.15) is 0 Å². The Labute approximate surface area is 74.2 Å². The van der Waals surface area contributed by atoms with E-state index in [-0.39, 0.29) is 5.75 Å². The van der Waals surface area contributed by atoms with Crippen LogP contribution in [-0.2, 0) is 0 Å². The van der Waals surface area contributed by atoms with Gasteiger partial charge in [-0.15, -0.1) is 0 Å². The summed E-state index contributed by atoms with van der Waals surface area (Å²) in [5, 5.41) is 9.99. The molecule has 0 aliphatic rings. The third-order valence-corrected chi connectivity index (χ3v) is 1.93. The molecule has 0 unspecified atom stereocenters. The maximum Gasteiger partial charge on any atom is 0.336 e. The molecule has 2 rings (SSSR count). The lowest BCUT2D eigenvalue weighted by atomic mass is 10.4. The number of benzene rings is 1. The Balaban J connectivity index is 2.94. The number of hydrogen-bond acceptors (Lipinski definition) is 3. The molecule has 0 radical (unpaired) electrons. The van der Waals surface area contributed by atoms with Crippen molar-refractivity contribution in [3.63, 3.8) is 0 Å². The fourth-order valence-corrected chi connectivity index (χ4v) is 1.31. The Kier molecular flexibility index (Phi) is 1.59. The van der Waals surface area contributed by atoms with Gasteiger partial charge in [-0.25, -0.2) is 4.79 Å². The van der Waals surface area contributed by atoms with E-state index in [0.717, 1.165) is 10.9 Å². The fraction of sp³-hybridized carbons (Fsp3) is 0.100. The molecule has 0 aliphatic carbocycles. The minimum atomic E-state index is -0.393. The molecule has 2 aromatic rings. The van der Waals surface area contributed by atoms with Crippen LogP contribution in [0.3, 0.4) is 0 Å². The van der Waals surface area contributed by atoms with Crippen molar-refractivity contribution in [3.8, 4) is 5.75 Å². The molecule has 1 heterocycles. The molecule has 0 fully saturated rings. The second-order valence-electron chi connectivity index (χ2n) is 2.93. The van der Waals surface area contributed by atoms with Gasteiger partial charge in [0.2, 0.25) is 0 Å². The van der Waals surface area contributed by atoms with Crippen molar-refractivity contribution in [1.82, 2.24) is 0 Å². The number of fused-ring (bicyclic) bond motifs is 1. The first-order valence-electron chi connectivity index (χ1n) is 3.90. The Morgan fingerprint density at radius 3 is 2.85 bits per heavy atom. The van der Waals surface area contributed by atoms with Gasteiger partial charge in [0, 0.05) is 17.5 Å². The number of phenols is 1. The smallest absolute Gasteiger partial charge is 0.336 e. The van der Waals surface area contributed by atoms with E-state index in [9.17, 15) is 4.79 Å². The predicted molar refractivity (Wildman–Crippen MR) is 48.9 cm³/mol. The lowest BCUT2D eigenvalue weighted by molar-refractivity contribution is 0.473. The van der Waals surface area contributed by atoms with Gasteiger partial charge in [0.1, 0.15) is 11.3 Å². The van der Waals surface area contributed by atoms with Gasteiger partial charge in [-0.05, 0) is 24.6 Å². The third-order valence-electron chi connectivity index (χ3n) is 1.93. The minimum absolute atomic E-state index is 0.0984. The van der Waals surface area contributed by atoms with Crippen molar-refractivity contribution >= 4 is 11.0 Å². The van der Waals surface area contributed by atoms with Crippen molar-refractivity contribution < 1.29 is 9.52 Å². The Hall–Kier alpha value is -1.77. The van der Waals surface area contributed by atoms with Crippen LogP contribution >= 0.6 is 0 Å². The summed E-state index contributed by atoms with van der Waals surface area (Å²) < 4.78 is 4.91. The summed E-state index contributed by atoms with van der Waals surface area (Å²) in [7, 11) is 0. The predicted octanol–water partition coefficient (Wildman–Crippen LogP) is 1.81. The van der Waals surface area contributed by atoms with Crippen molar-refractivity contribution in [1.29, 1.82) is 0 Å². The SMILES string of the molecule is C[13c]1[13cH][13c](=O)oc2cc(O)cc[13c]21. The first-order valence-corrected chi connectivity index (χ1v) is 3.90. The van der Waals surface area contributed by atoms with Crippen LogP contribution in [-0.4, -0.2) is 5.11 Å². The zero-order valence-corrected chi connectivity index (χ0v) is 7.07. The molecule has 0 spiro atoms. The molecule has 3 heteroatoms. The largest absolute Gasteiger partial charge is 0.508 e. The summed E-state index contributed by atoms with van der Waals surface area (Å²) in [5.74, 6) is 0.0984. The summed E-state index contributed by atoms with van der Waals surface area (Å²) in [6.07, 6.45) is 0. The van der Waals surface area contributed by atoms with Gasteiger partial charge in [-0.1, -0.05) is 0 Å². The van der Waals surface area contributed by atoms with Crippen molar-refractivity contribution in [2.24, 2.45) is 0 Å². The Morgan fingerprint density at radius 2 is 2.08 bits per heavy atom. The first kappa shape index (κ1) is 7.86. The zero-order chi connectivity index (χ0) is 9.42. The summed E-state index contributed by atoms with van der Waals surface area (Å²) >= 11 is 0. The summed E-state index contributed by atoms with van der Waals surface area (Å²) in [6.45, 7) is 1.83. The van der Waals surface area contributed by atoms with E-state index < -0.39 is 5.63 Å². The molecule has 1 aromatic carbocycles. The highest BCUT2D eigenvalue weighted by Crippen LogP contribution is 2.20. The van der Waals surface area contributed by atoms with E-state index >= 15 is 0 Å². The van der Waals surface area contributed by atoms with Crippen LogP contribution in [0, 0.1) is 6.92 Å². The van der Waals surface area contributed by atoms with E-state index in [2.05, 4.69) is 0 Å². The number of phenolic OH excluding ortho intramolecular Hbond substituents is 1. The number of rotatable bonds is 0. The second kappa shape index (κ2) is 2.62. The lowest BCUT2D eigenvalue weighted by Crippen LogP contribution is -1.97. The maximum absolute atomic E-state index is 11.0. The van der Waals surface area contributed by atoms with E-state index in [0.29, 0.717) is 5.58 Å². The van der Waals surface area contributed by atoms with Gasteiger partial charge in [-0.3, -0.25) is 0 Å². The molecule has 1 N–H and O–H groups in total. The fourth-order valence-electron chi connectivity index (χ4n) is 1.31. The van der Waals surface area contributed by atoms with Crippen LogP contribution in [0.25, 0.3) is 11.0 Å². The minimum Gasteiger partial charge on any atom is -0.508 e. The van der Waals surface area contributed by atoms with Gasteiger partial charge in [0.05, 0.1) is 0 Å². The average molecular weight is 180 g/mol. The number of hydrogen-bond donors (Lipinski definition) is 1. The molecule has 0 saturated heterocycles. The van der Waals surface area contributed by atoms with E-state index in [1.807, 2.05) is 6.92 Å². The monoisotopic (exact) mass is 180 g/mol. The van der Waals surface area contributed by atoms with E-state index in [4.69, 9.17) is 9.52 Å². The molecule has 0 atom stereocenters. The van der Waals surface area contributed by atoms with Crippen molar-refractivity contribution in [2.75, 3.05) is 0 Å².